The summed E-state index contributed by atoms with van der Waals surface area (Å²) in [4.78, 5) is 55.0. The molecule has 0 radical (unpaired) electrons. The number of H-pyrrole nitrogens is 1. The van der Waals surface area contributed by atoms with Crippen LogP contribution in [0.15, 0.2) is 42.7 Å². The van der Waals surface area contributed by atoms with Gasteiger partial charge in [-0.05, 0) is 86.0 Å². The Balaban J connectivity index is 0.916. The van der Waals surface area contributed by atoms with E-state index in [9.17, 15) is 19.6 Å². The van der Waals surface area contributed by atoms with Gasteiger partial charge in [0.1, 0.15) is 0 Å². The zero-order chi connectivity index (χ0) is 40.6. The maximum absolute atomic E-state index is 14.1. The van der Waals surface area contributed by atoms with E-state index in [1.165, 1.54) is 0 Å². The summed E-state index contributed by atoms with van der Waals surface area (Å²) in [5, 5.41) is 13.6. The van der Waals surface area contributed by atoms with Gasteiger partial charge >= 0.3 is 0 Å². The third-order valence-corrected chi connectivity index (χ3v) is 12.9. The molecule has 2 aliphatic heterocycles. The SMILES string of the molecule is CCc1cc2c(cc1N1CCN(C(=O)CCCN3CCC(C)(C)[C@@H](NC(=O)[C@@H](N)CCCn4ccnc4N)C3)CC1)C(C)(C)c1[nH]c3cc(C#N)ccc3c1C2=O. The number of nitrogen functional groups attached to an aromatic ring is 1. The van der Waals surface area contributed by atoms with Gasteiger partial charge in [0.25, 0.3) is 0 Å². The average molecular weight is 775 g/mol. The largest absolute Gasteiger partial charge is 0.369 e. The first kappa shape index (κ1) is 40.0. The van der Waals surface area contributed by atoms with Gasteiger partial charge in [-0.25, -0.2) is 4.98 Å². The van der Waals surface area contributed by atoms with Crippen LogP contribution in [0.25, 0.3) is 10.9 Å². The second kappa shape index (κ2) is 16.0. The minimum absolute atomic E-state index is 0.0181. The molecule has 0 unspecified atom stereocenters. The van der Waals surface area contributed by atoms with Crippen LogP contribution in [0, 0.1) is 16.7 Å². The molecule has 302 valence electrons. The lowest BCUT2D eigenvalue weighted by Gasteiger charge is -2.44. The highest BCUT2D eigenvalue weighted by molar-refractivity contribution is 6.20. The first-order chi connectivity index (χ1) is 27.2. The van der Waals surface area contributed by atoms with Crippen molar-refractivity contribution in [1.82, 2.24) is 29.7 Å². The molecule has 2 aromatic heterocycles. The van der Waals surface area contributed by atoms with Crippen LogP contribution < -0.4 is 21.7 Å². The number of anilines is 2. The Bertz CT molecular complexity index is 2200. The number of nitrogens with two attached hydrogens (primary N) is 2. The predicted molar refractivity (Wildman–Crippen MR) is 223 cm³/mol. The van der Waals surface area contributed by atoms with Gasteiger partial charge in [-0.2, -0.15) is 5.26 Å². The van der Waals surface area contributed by atoms with Gasteiger partial charge in [-0.15, -0.1) is 0 Å². The quantitative estimate of drug-likeness (QED) is 0.159. The van der Waals surface area contributed by atoms with Gasteiger partial charge in [0, 0.05) is 97.4 Å². The van der Waals surface area contributed by atoms with Crippen molar-refractivity contribution in [2.24, 2.45) is 11.1 Å². The summed E-state index contributed by atoms with van der Waals surface area (Å²) in [5.74, 6) is 0.534. The first-order valence-corrected chi connectivity index (χ1v) is 20.6. The fourth-order valence-electron chi connectivity index (χ4n) is 9.05. The number of amides is 2. The zero-order valence-corrected chi connectivity index (χ0v) is 34.2. The summed E-state index contributed by atoms with van der Waals surface area (Å²) in [7, 11) is 0. The number of imidazole rings is 1. The number of nitrogens with one attached hydrogen (secondary N) is 2. The van der Waals surface area contributed by atoms with E-state index in [2.05, 4.69) is 77.9 Å². The van der Waals surface area contributed by atoms with Crippen LogP contribution in [-0.4, -0.2) is 99.8 Å². The molecule has 7 rings (SSSR count). The number of carbonyl (C=O) groups is 3. The van der Waals surface area contributed by atoms with E-state index in [0.717, 1.165) is 97.4 Å². The van der Waals surface area contributed by atoms with Crippen LogP contribution in [0.1, 0.15) is 105 Å². The highest BCUT2D eigenvalue weighted by Gasteiger charge is 2.41. The van der Waals surface area contributed by atoms with Gasteiger partial charge in [-0.3, -0.25) is 14.4 Å². The van der Waals surface area contributed by atoms with E-state index in [1.54, 1.807) is 12.3 Å². The van der Waals surface area contributed by atoms with Gasteiger partial charge in [0.15, 0.2) is 11.7 Å². The van der Waals surface area contributed by atoms with Crippen LogP contribution in [0.3, 0.4) is 0 Å². The van der Waals surface area contributed by atoms with Crippen molar-refractivity contribution in [3.8, 4) is 6.07 Å². The van der Waals surface area contributed by atoms with Crippen molar-refractivity contribution in [3.05, 3.63) is 76.2 Å². The van der Waals surface area contributed by atoms with Crippen molar-refractivity contribution >= 4 is 40.1 Å². The first-order valence-electron chi connectivity index (χ1n) is 20.6. The number of aryl methyl sites for hydroxylation is 2. The maximum Gasteiger partial charge on any atom is 0.237 e. The molecule has 13 nitrogen and oxygen atoms in total. The molecule has 3 aliphatic rings. The predicted octanol–water partition coefficient (Wildman–Crippen LogP) is 4.70. The summed E-state index contributed by atoms with van der Waals surface area (Å²) < 4.78 is 1.86. The molecule has 0 spiro atoms. The number of benzene rings is 2. The number of fused-ring (bicyclic) bond motifs is 4. The molecule has 2 atom stereocenters. The minimum atomic E-state index is -0.593. The molecule has 13 heteroatoms. The molecule has 4 aromatic rings. The number of nitriles is 1. The normalized spacial score (nSPS) is 19.5. The molecule has 2 fully saturated rings. The Morgan fingerprint density at radius 1 is 1.07 bits per heavy atom. The van der Waals surface area contributed by atoms with E-state index >= 15 is 0 Å². The number of likely N-dealkylation sites (tertiary alicyclic amines) is 1. The molecule has 2 amide bonds. The monoisotopic (exact) mass is 774 g/mol. The van der Waals surface area contributed by atoms with Crippen molar-refractivity contribution in [2.45, 2.75) is 97.2 Å². The smallest absolute Gasteiger partial charge is 0.237 e. The summed E-state index contributed by atoms with van der Waals surface area (Å²) >= 11 is 0. The summed E-state index contributed by atoms with van der Waals surface area (Å²) in [6, 6.07) is 11.4. The number of piperazine rings is 1. The molecule has 4 heterocycles. The lowest BCUT2D eigenvalue weighted by molar-refractivity contribution is -0.131. The standard InChI is InChI=1S/C44H58N10O3/c1-6-29-24-31-32(44(4,5)40-38(39(31)56)30-12-11-28(26-45)23-34(30)49-40)25-35(29)52-19-21-53(22-20-52)37(55)10-8-15-51-17-13-43(2,3)36(27-51)50-41(57)33(46)9-7-16-54-18-14-48-42(54)47/h11-12,14,18,23-25,33,36,49H,6-10,13,15-17,19-22,27,46H2,1-5H3,(H2,47,48)(H,50,57)/t33-,36-/m0/s1. The van der Waals surface area contributed by atoms with E-state index in [0.29, 0.717) is 49.6 Å². The number of rotatable bonds is 12. The van der Waals surface area contributed by atoms with Crippen LogP contribution in [-0.2, 0) is 28.0 Å². The maximum atomic E-state index is 14.1. The Morgan fingerprint density at radius 3 is 2.54 bits per heavy atom. The molecule has 2 aromatic carbocycles. The number of aromatic nitrogens is 3. The van der Waals surface area contributed by atoms with E-state index in [4.69, 9.17) is 11.5 Å². The van der Waals surface area contributed by atoms with Crippen LogP contribution in [0.5, 0.6) is 0 Å². The third-order valence-electron chi connectivity index (χ3n) is 12.9. The molecule has 1 aliphatic carbocycles. The molecule has 0 saturated carbocycles. The number of nitrogens with zero attached hydrogens (tertiary/aromatic N) is 6. The molecular formula is C44H58N10O3. The Hall–Kier alpha value is -5.19. The third kappa shape index (κ3) is 7.90. The second-order valence-corrected chi connectivity index (χ2v) is 17.4. The lowest BCUT2D eigenvalue weighted by atomic mass is 9.70. The van der Waals surface area contributed by atoms with Gasteiger partial charge < -0.3 is 41.0 Å². The summed E-state index contributed by atoms with van der Waals surface area (Å²) in [6.07, 6.45) is 7.76. The fourth-order valence-corrected chi connectivity index (χ4v) is 9.05. The molecule has 0 bridgehead atoms. The van der Waals surface area contributed by atoms with Crippen LogP contribution >= 0.6 is 0 Å². The zero-order valence-electron chi connectivity index (χ0n) is 34.2. The Kier molecular flexibility index (Phi) is 11.2. The number of hydrogen-bond donors (Lipinski definition) is 4. The van der Waals surface area contributed by atoms with Crippen LogP contribution in [0.4, 0.5) is 11.6 Å². The number of aromatic amines is 1. The van der Waals surface area contributed by atoms with Crippen LogP contribution in [0.2, 0.25) is 0 Å². The van der Waals surface area contributed by atoms with Crippen molar-refractivity contribution in [3.63, 3.8) is 0 Å². The molecule has 6 N–H and O–H groups in total. The van der Waals surface area contributed by atoms with Crippen molar-refractivity contribution in [1.29, 1.82) is 5.26 Å². The lowest BCUT2D eigenvalue weighted by Crippen LogP contribution is -2.58. The second-order valence-electron chi connectivity index (χ2n) is 17.4. The number of carbonyl (C=O) groups excluding carboxylic acids is 3. The fraction of sp³-hybridized carbons (Fsp3) is 0.523. The topological polar surface area (TPSA) is 182 Å². The van der Waals surface area contributed by atoms with Crippen molar-refractivity contribution < 1.29 is 14.4 Å². The van der Waals surface area contributed by atoms with E-state index in [1.807, 2.05) is 27.8 Å². The average Bonchev–Trinajstić information content (AvgIpc) is 3.80. The molecule has 57 heavy (non-hydrogen) atoms. The molecular weight excluding hydrogens is 717 g/mol. The van der Waals surface area contributed by atoms with Gasteiger partial charge in [-0.1, -0.05) is 40.7 Å². The summed E-state index contributed by atoms with van der Waals surface area (Å²) in [6.45, 7) is 16.7. The summed E-state index contributed by atoms with van der Waals surface area (Å²) in [5.41, 5.74) is 18.6. The van der Waals surface area contributed by atoms with Gasteiger partial charge in [0.2, 0.25) is 11.8 Å². The minimum Gasteiger partial charge on any atom is -0.369 e. The highest BCUT2D eigenvalue weighted by atomic mass is 16.2. The number of ketones is 1. The number of hydrogen-bond acceptors (Lipinski definition) is 9. The van der Waals surface area contributed by atoms with Gasteiger partial charge in [0.05, 0.1) is 23.2 Å². The highest BCUT2D eigenvalue weighted by Crippen LogP contribution is 2.46. The van der Waals surface area contributed by atoms with Crippen molar-refractivity contribution in [2.75, 3.05) is 56.4 Å². The van der Waals surface area contributed by atoms with E-state index < -0.39 is 11.5 Å². The number of piperidine rings is 1. The van der Waals surface area contributed by atoms with E-state index in [-0.39, 0.29) is 29.1 Å². The Labute approximate surface area is 335 Å². The Morgan fingerprint density at radius 2 is 1.84 bits per heavy atom. The molecule has 2 saturated heterocycles.